The van der Waals surface area contributed by atoms with Crippen molar-refractivity contribution < 1.29 is 0 Å². The summed E-state index contributed by atoms with van der Waals surface area (Å²) in [5.41, 5.74) is 5.48. The van der Waals surface area contributed by atoms with Gasteiger partial charge >= 0.3 is 0 Å². The van der Waals surface area contributed by atoms with E-state index in [0.29, 0.717) is 0 Å². The van der Waals surface area contributed by atoms with E-state index in [1.165, 1.54) is 22.3 Å². The highest BCUT2D eigenvalue weighted by atomic mass is 79.9. The zero-order valence-corrected chi connectivity index (χ0v) is 11.9. The molecule has 0 spiro atoms. The lowest BCUT2D eigenvalue weighted by Crippen LogP contribution is -1.90. The van der Waals surface area contributed by atoms with Crippen molar-refractivity contribution in [3.63, 3.8) is 0 Å². The van der Waals surface area contributed by atoms with Crippen LogP contribution in [-0.4, -0.2) is 0 Å². The molecule has 17 heavy (non-hydrogen) atoms. The van der Waals surface area contributed by atoms with Crippen LogP contribution in [0.2, 0.25) is 0 Å². The Bertz CT molecular complexity index is 515. The second-order valence-corrected chi connectivity index (χ2v) is 5.12. The van der Waals surface area contributed by atoms with Gasteiger partial charge in [0, 0.05) is 4.47 Å². The zero-order chi connectivity index (χ0) is 12.3. The highest BCUT2D eigenvalue weighted by Gasteiger charge is 2.05. The van der Waals surface area contributed by atoms with Gasteiger partial charge in [-0.15, -0.1) is 0 Å². The maximum atomic E-state index is 3.54. The smallest absolute Gasteiger partial charge is 0.0181 e. The number of hydrogen-bond donors (Lipinski definition) is 0. The van der Waals surface area contributed by atoms with Gasteiger partial charge in [0.25, 0.3) is 0 Å². The van der Waals surface area contributed by atoms with E-state index in [0.717, 1.165) is 17.3 Å². The van der Waals surface area contributed by atoms with Crippen LogP contribution in [-0.2, 0) is 12.8 Å². The van der Waals surface area contributed by atoms with Gasteiger partial charge < -0.3 is 0 Å². The van der Waals surface area contributed by atoms with E-state index >= 15 is 0 Å². The van der Waals surface area contributed by atoms with Gasteiger partial charge in [-0.25, -0.2) is 0 Å². The van der Waals surface area contributed by atoms with Crippen molar-refractivity contribution in [1.29, 1.82) is 0 Å². The molecule has 0 fully saturated rings. The maximum Gasteiger partial charge on any atom is 0.0181 e. The first kappa shape index (κ1) is 12.4. The molecule has 0 aliphatic heterocycles. The SMILES string of the molecule is CCc1ccc(CC)c(-c2cccc(Br)c2)c1. The van der Waals surface area contributed by atoms with Crippen LogP contribution < -0.4 is 0 Å². The molecule has 0 N–H and O–H groups in total. The molecular weight excluding hydrogens is 272 g/mol. The topological polar surface area (TPSA) is 0 Å². The lowest BCUT2D eigenvalue weighted by atomic mass is 9.95. The van der Waals surface area contributed by atoms with Crippen molar-refractivity contribution in [2.75, 3.05) is 0 Å². The van der Waals surface area contributed by atoms with Crippen molar-refractivity contribution in [3.05, 3.63) is 58.1 Å². The Labute approximate surface area is 112 Å². The molecule has 0 nitrogen and oxygen atoms in total. The first-order valence-electron chi connectivity index (χ1n) is 6.12. The molecule has 0 unspecified atom stereocenters. The van der Waals surface area contributed by atoms with Gasteiger partial charge in [0.2, 0.25) is 0 Å². The Morgan fingerprint density at radius 3 is 2.41 bits per heavy atom. The summed E-state index contributed by atoms with van der Waals surface area (Å²) in [6.07, 6.45) is 2.16. The van der Waals surface area contributed by atoms with E-state index in [1.807, 2.05) is 0 Å². The Kier molecular flexibility index (Phi) is 4.01. The number of hydrogen-bond acceptors (Lipinski definition) is 0. The summed E-state index contributed by atoms with van der Waals surface area (Å²) in [5.74, 6) is 0. The lowest BCUT2D eigenvalue weighted by Gasteiger charge is -2.10. The summed E-state index contributed by atoms with van der Waals surface area (Å²) < 4.78 is 1.14. The third-order valence-corrected chi connectivity index (χ3v) is 3.59. The largest absolute Gasteiger partial charge is 0.0613 e. The Morgan fingerprint density at radius 2 is 1.76 bits per heavy atom. The molecule has 2 aromatic carbocycles. The normalized spacial score (nSPS) is 10.5. The molecule has 0 saturated carbocycles. The number of rotatable bonds is 3. The fraction of sp³-hybridized carbons (Fsp3) is 0.250. The molecule has 0 aliphatic rings. The quantitative estimate of drug-likeness (QED) is 0.724. The molecule has 1 heteroatoms. The van der Waals surface area contributed by atoms with E-state index in [2.05, 4.69) is 72.2 Å². The van der Waals surface area contributed by atoms with Crippen LogP contribution in [0.25, 0.3) is 11.1 Å². The molecule has 88 valence electrons. The van der Waals surface area contributed by atoms with Crippen molar-refractivity contribution in [1.82, 2.24) is 0 Å². The van der Waals surface area contributed by atoms with Crippen molar-refractivity contribution in [2.24, 2.45) is 0 Å². The zero-order valence-electron chi connectivity index (χ0n) is 10.3. The molecular formula is C16H17Br. The first-order valence-corrected chi connectivity index (χ1v) is 6.91. The second-order valence-electron chi connectivity index (χ2n) is 4.21. The number of benzene rings is 2. The van der Waals surface area contributed by atoms with Gasteiger partial charge in [-0.3, -0.25) is 0 Å². The highest BCUT2D eigenvalue weighted by molar-refractivity contribution is 9.10. The van der Waals surface area contributed by atoms with Crippen LogP contribution in [0.5, 0.6) is 0 Å². The van der Waals surface area contributed by atoms with E-state index in [-0.39, 0.29) is 0 Å². The summed E-state index contributed by atoms with van der Waals surface area (Å²) in [5, 5.41) is 0. The average Bonchev–Trinajstić information content (AvgIpc) is 2.38. The first-order chi connectivity index (χ1) is 8.24. The molecule has 2 rings (SSSR count). The fourth-order valence-corrected chi connectivity index (χ4v) is 2.48. The Balaban J connectivity index is 2.56. The summed E-state index contributed by atoms with van der Waals surface area (Å²) in [6, 6.07) is 15.3. The van der Waals surface area contributed by atoms with Gasteiger partial charge in [-0.2, -0.15) is 0 Å². The Morgan fingerprint density at radius 1 is 0.941 bits per heavy atom. The molecule has 0 amide bonds. The van der Waals surface area contributed by atoms with Crippen LogP contribution in [0.15, 0.2) is 46.9 Å². The van der Waals surface area contributed by atoms with E-state index in [9.17, 15) is 0 Å². The van der Waals surface area contributed by atoms with E-state index in [4.69, 9.17) is 0 Å². The standard InChI is InChI=1S/C16H17Br/c1-3-12-8-9-13(4-2)16(10-12)14-6-5-7-15(17)11-14/h5-11H,3-4H2,1-2H3. The van der Waals surface area contributed by atoms with Gasteiger partial charge in [-0.1, -0.05) is 60.1 Å². The molecule has 0 aromatic heterocycles. The van der Waals surface area contributed by atoms with Crippen molar-refractivity contribution in [2.45, 2.75) is 26.7 Å². The maximum absolute atomic E-state index is 3.54. The third-order valence-electron chi connectivity index (χ3n) is 3.10. The average molecular weight is 289 g/mol. The summed E-state index contributed by atoms with van der Waals surface area (Å²) in [7, 11) is 0. The van der Waals surface area contributed by atoms with Crippen LogP contribution in [0.4, 0.5) is 0 Å². The third kappa shape index (κ3) is 2.78. The van der Waals surface area contributed by atoms with Crippen LogP contribution >= 0.6 is 15.9 Å². The number of halogens is 1. The van der Waals surface area contributed by atoms with E-state index in [1.54, 1.807) is 0 Å². The summed E-state index contributed by atoms with van der Waals surface area (Å²) >= 11 is 3.54. The minimum Gasteiger partial charge on any atom is -0.0613 e. The van der Waals surface area contributed by atoms with Gasteiger partial charge in [0.05, 0.1) is 0 Å². The van der Waals surface area contributed by atoms with Crippen LogP contribution in [0.3, 0.4) is 0 Å². The Hall–Kier alpha value is -1.08. The molecule has 0 aliphatic carbocycles. The minimum absolute atomic E-state index is 1.08. The highest BCUT2D eigenvalue weighted by Crippen LogP contribution is 2.28. The van der Waals surface area contributed by atoms with Crippen LogP contribution in [0.1, 0.15) is 25.0 Å². The minimum atomic E-state index is 1.08. The second kappa shape index (κ2) is 5.50. The summed E-state index contributed by atoms with van der Waals surface area (Å²) in [6.45, 7) is 4.41. The molecule has 0 atom stereocenters. The monoisotopic (exact) mass is 288 g/mol. The van der Waals surface area contributed by atoms with Crippen molar-refractivity contribution in [3.8, 4) is 11.1 Å². The van der Waals surface area contributed by atoms with Crippen LogP contribution in [0, 0.1) is 0 Å². The molecule has 0 saturated heterocycles. The molecule has 0 radical (unpaired) electrons. The lowest BCUT2D eigenvalue weighted by molar-refractivity contribution is 1.10. The van der Waals surface area contributed by atoms with Gasteiger partial charge in [-0.05, 0) is 47.2 Å². The predicted molar refractivity (Wildman–Crippen MR) is 78.3 cm³/mol. The van der Waals surface area contributed by atoms with Crippen molar-refractivity contribution >= 4 is 15.9 Å². The van der Waals surface area contributed by atoms with Gasteiger partial charge in [0.15, 0.2) is 0 Å². The van der Waals surface area contributed by atoms with E-state index < -0.39 is 0 Å². The molecule has 0 heterocycles. The summed E-state index contributed by atoms with van der Waals surface area (Å²) in [4.78, 5) is 0. The van der Waals surface area contributed by atoms with Gasteiger partial charge in [0.1, 0.15) is 0 Å². The molecule has 0 bridgehead atoms. The predicted octanol–water partition coefficient (Wildman–Crippen LogP) is 5.24. The fourth-order valence-electron chi connectivity index (χ4n) is 2.08. The number of aryl methyl sites for hydroxylation is 2. The molecule has 2 aromatic rings.